The van der Waals surface area contributed by atoms with Crippen LogP contribution in [0.4, 0.5) is 0 Å². The van der Waals surface area contributed by atoms with E-state index in [-0.39, 0.29) is 11.2 Å². The third kappa shape index (κ3) is 5.06. The molecule has 0 aliphatic heterocycles. The first-order valence-electron chi connectivity index (χ1n) is 9.14. The van der Waals surface area contributed by atoms with E-state index in [4.69, 9.17) is 9.47 Å². The van der Waals surface area contributed by atoms with E-state index in [9.17, 15) is 0 Å². The van der Waals surface area contributed by atoms with Gasteiger partial charge in [0.1, 0.15) is 0 Å². The highest BCUT2D eigenvalue weighted by molar-refractivity contribution is 5.15. The van der Waals surface area contributed by atoms with Crippen LogP contribution in [-0.2, 0) is 9.47 Å². The highest BCUT2D eigenvalue weighted by Crippen LogP contribution is 2.45. The number of hydrogen-bond donors (Lipinski definition) is 0. The molecule has 2 heteroatoms. The Kier molecular flexibility index (Phi) is 6.19. The molecule has 0 bridgehead atoms. The lowest BCUT2D eigenvalue weighted by atomic mass is 9.66. The van der Waals surface area contributed by atoms with Crippen molar-refractivity contribution in [3.05, 3.63) is 11.6 Å². The summed E-state index contributed by atoms with van der Waals surface area (Å²) in [7, 11) is 1.78. The van der Waals surface area contributed by atoms with Gasteiger partial charge in [0.2, 0.25) is 0 Å². The summed E-state index contributed by atoms with van der Waals surface area (Å²) in [4.78, 5) is 0. The number of ether oxygens (including phenoxy) is 2. The lowest BCUT2D eigenvalue weighted by Gasteiger charge is -2.46. The van der Waals surface area contributed by atoms with Crippen LogP contribution in [0.1, 0.15) is 81.6 Å². The van der Waals surface area contributed by atoms with Gasteiger partial charge in [-0.15, -0.1) is 0 Å². The molecular formula is C21H40O2. The fourth-order valence-electron chi connectivity index (χ4n) is 4.36. The minimum Gasteiger partial charge on any atom is -0.376 e. The molecule has 1 unspecified atom stereocenters. The van der Waals surface area contributed by atoms with Crippen molar-refractivity contribution in [1.82, 2.24) is 0 Å². The van der Waals surface area contributed by atoms with Crippen molar-refractivity contribution < 1.29 is 9.47 Å². The molecule has 1 atom stereocenters. The largest absolute Gasteiger partial charge is 0.376 e. The van der Waals surface area contributed by atoms with Crippen molar-refractivity contribution in [2.24, 2.45) is 16.7 Å². The van der Waals surface area contributed by atoms with Gasteiger partial charge < -0.3 is 9.47 Å². The van der Waals surface area contributed by atoms with Crippen molar-refractivity contribution >= 4 is 0 Å². The summed E-state index contributed by atoms with van der Waals surface area (Å²) in [6.45, 7) is 21.1. The van der Waals surface area contributed by atoms with Crippen molar-refractivity contribution in [1.29, 1.82) is 0 Å². The average Bonchev–Trinajstić information content (AvgIpc) is 2.34. The Hall–Kier alpha value is -0.340. The van der Waals surface area contributed by atoms with Gasteiger partial charge in [-0.3, -0.25) is 0 Å². The van der Waals surface area contributed by atoms with Gasteiger partial charge >= 0.3 is 0 Å². The number of methoxy groups -OCH3 is 1. The number of rotatable bonds is 7. The van der Waals surface area contributed by atoms with E-state index in [1.54, 1.807) is 12.7 Å². The Bertz CT molecular complexity index is 429. The number of allylic oxidation sites excluding steroid dienone is 1. The fourth-order valence-corrected chi connectivity index (χ4v) is 4.36. The Balaban J connectivity index is 2.76. The molecule has 0 heterocycles. The minimum absolute atomic E-state index is 0.290. The highest BCUT2D eigenvalue weighted by Gasteiger charge is 2.45. The van der Waals surface area contributed by atoms with Gasteiger partial charge in [-0.2, -0.15) is 0 Å². The summed E-state index contributed by atoms with van der Waals surface area (Å²) >= 11 is 0. The molecule has 0 saturated heterocycles. The Morgan fingerprint density at radius 2 is 1.70 bits per heavy atom. The lowest BCUT2D eigenvalue weighted by Crippen LogP contribution is -2.54. The molecular weight excluding hydrogens is 284 g/mol. The van der Waals surface area contributed by atoms with Crippen molar-refractivity contribution in [3.8, 4) is 0 Å². The summed E-state index contributed by atoms with van der Waals surface area (Å²) in [5, 5.41) is 0. The predicted molar refractivity (Wildman–Crippen MR) is 99.8 cm³/mol. The van der Waals surface area contributed by atoms with E-state index in [1.165, 1.54) is 12.8 Å². The zero-order valence-corrected chi connectivity index (χ0v) is 17.3. The molecule has 23 heavy (non-hydrogen) atoms. The molecule has 2 nitrogen and oxygen atoms in total. The molecule has 1 aliphatic carbocycles. The molecule has 0 saturated carbocycles. The average molecular weight is 325 g/mol. The molecule has 0 amide bonds. The van der Waals surface area contributed by atoms with Gasteiger partial charge in [0.05, 0.1) is 17.8 Å². The molecule has 0 fully saturated rings. The highest BCUT2D eigenvalue weighted by atomic mass is 16.6. The van der Waals surface area contributed by atoms with Gasteiger partial charge in [-0.1, -0.05) is 53.2 Å². The van der Waals surface area contributed by atoms with Gasteiger partial charge in [-0.05, 0) is 56.8 Å². The van der Waals surface area contributed by atoms with Crippen LogP contribution in [0.15, 0.2) is 11.6 Å². The van der Waals surface area contributed by atoms with Crippen molar-refractivity contribution in [3.63, 3.8) is 0 Å². The van der Waals surface area contributed by atoms with Crippen LogP contribution >= 0.6 is 0 Å². The normalized spacial score (nSPS) is 23.5. The van der Waals surface area contributed by atoms with Crippen molar-refractivity contribution in [2.75, 3.05) is 13.7 Å². The molecule has 0 aromatic rings. The maximum Gasteiger partial charge on any atom is 0.0959 e. The summed E-state index contributed by atoms with van der Waals surface area (Å²) in [6, 6.07) is 0. The van der Waals surface area contributed by atoms with Crippen LogP contribution in [0, 0.1) is 16.7 Å². The Labute approximate surface area is 145 Å². The van der Waals surface area contributed by atoms with Crippen molar-refractivity contribution in [2.45, 2.75) is 92.8 Å². The lowest BCUT2D eigenvalue weighted by molar-refractivity contribution is -0.193. The molecule has 1 rings (SSSR count). The molecule has 0 aromatic heterocycles. The first kappa shape index (κ1) is 20.7. The molecule has 0 N–H and O–H groups in total. The maximum atomic E-state index is 6.42. The summed E-state index contributed by atoms with van der Waals surface area (Å²) in [5.74, 6) is 0.394. The Morgan fingerprint density at radius 3 is 2.13 bits per heavy atom. The maximum absolute atomic E-state index is 6.42. The molecule has 0 spiro atoms. The first-order valence-corrected chi connectivity index (χ1v) is 9.14. The van der Waals surface area contributed by atoms with Crippen LogP contribution in [0.25, 0.3) is 0 Å². The second-order valence-electron chi connectivity index (χ2n) is 9.88. The fraction of sp³-hybridized carbons (Fsp3) is 0.905. The van der Waals surface area contributed by atoms with E-state index < -0.39 is 0 Å². The zero-order chi connectivity index (χ0) is 18.1. The molecule has 0 aromatic carbocycles. The van der Waals surface area contributed by atoms with Crippen LogP contribution in [0.5, 0.6) is 0 Å². The SMILES string of the molecule is COC(C)(C)C(C)(OCCC1=CC(C)(C)CC(C)(C)C1)C(C)C. The smallest absolute Gasteiger partial charge is 0.0959 e. The van der Waals surface area contributed by atoms with E-state index in [2.05, 4.69) is 68.4 Å². The van der Waals surface area contributed by atoms with Crippen LogP contribution < -0.4 is 0 Å². The quantitative estimate of drug-likeness (QED) is 0.534. The minimum atomic E-state index is -0.305. The van der Waals surface area contributed by atoms with E-state index in [0.29, 0.717) is 16.7 Å². The van der Waals surface area contributed by atoms with Crippen LogP contribution in [-0.4, -0.2) is 24.9 Å². The zero-order valence-electron chi connectivity index (χ0n) is 17.3. The summed E-state index contributed by atoms with van der Waals surface area (Å²) in [6.07, 6.45) is 5.95. The predicted octanol–water partition coefficient (Wildman–Crippen LogP) is 6.01. The topological polar surface area (TPSA) is 18.5 Å². The van der Waals surface area contributed by atoms with E-state index in [1.807, 2.05) is 0 Å². The van der Waals surface area contributed by atoms with E-state index in [0.717, 1.165) is 13.0 Å². The standard InChI is InChI=1S/C21H40O2/c1-16(2)21(9,20(7,8)22-10)23-12-11-17-13-18(3,4)15-19(5,6)14-17/h13,16H,11-12,14-15H2,1-10H3. The van der Waals surface area contributed by atoms with E-state index >= 15 is 0 Å². The third-order valence-electron chi connectivity index (χ3n) is 5.87. The Morgan fingerprint density at radius 1 is 1.13 bits per heavy atom. The second kappa shape index (κ2) is 6.88. The first-order chi connectivity index (χ1) is 10.2. The van der Waals surface area contributed by atoms with Gasteiger partial charge in [0.25, 0.3) is 0 Å². The van der Waals surface area contributed by atoms with Gasteiger partial charge in [-0.25, -0.2) is 0 Å². The van der Waals surface area contributed by atoms with Crippen LogP contribution in [0.2, 0.25) is 0 Å². The summed E-state index contributed by atoms with van der Waals surface area (Å²) < 4.78 is 12.2. The van der Waals surface area contributed by atoms with Gasteiger partial charge in [0.15, 0.2) is 0 Å². The monoisotopic (exact) mass is 324 g/mol. The third-order valence-corrected chi connectivity index (χ3v) is 5.87. The molecule has 136 valence electrons. The molecule has 1 aliphatic rings. The van der Waals surface area contributed by atoms with Crippen LogP contribution in [0.3, 0.4) is 0 Å². The molecule has 0 radical (unpaired) electrons. The van der Waals surface area contributed by atoms with Gasteiger partial charge in [0, 0.05) is 7.11 Å². The second-order valence-corrected chi connectivity index (χ2v) is 9.88. The summed E-state index contributed by atoms with van der Waals surface area (Å²) in [5.41, 5.74) is 1.64. The number of hydrogen-bond acceptors (Lipinski definition) is 2.